The molecular formula is C9H16N4O3S. The minimum atomic E-state index is -3.58. The van der Waals surface area contributed by atoms with Crippen LogP contribution in [0.25, 0.3) is 0 Å². The Hall–Kier alpha value is -0.960. The van der Waals surface area contributed by atoms with Gasteiger partial charge in [0.1, 0.15) is 0 Å². The van der Waals surface area contributed by atoms with E-state index in [9.17, 15) is 8.42 Å². The first kappa shape index (κ1) is 12.5. The first-order chi connectivity index (χ1) is 8.13. The van der Waals surface area contributed by atoms with E-state index in [1.807, 2.05) is 0 Å². The SMILES string of the molecule is NCc1cn[nH]c1S(=O)(=O)NCC1CCCO1. The maximum absolute atomic E-state index is 11.9. The number of hydrogen-bond acceptors (Lipinski definition) is 5. The predicted octanol–water partition coefficient (Wildman–Crippen LogP) is -0.674. The van der Waals surface area contributed by atoms with Crippen molar-refractivity contribution in [3.05, 3.63) is 11.8 Å². The lowest BCUT2D eigenvalue weighted by molar-refractivity contribution is 0.114. The third-order valence-corrected chi connectivity index (χ3v) is 4.13. The molecule has 8 heteroatoms. The Morgan fingerprint density at radius 3 is 3.12 bits per heavy atom. The zero-order chi connectivity index (χ0) is 12.3. The Morgan fingerprint density at radius 1 is 1.65 bits per heavy atom. The minimum absolute atomic E-state index is 0.0333. The molecule has 96 valence electrons. The molecule has 2 heterocycles. The second-order valence-corrected chi connectivity index (χ2v) is 5.62. The van der Waals surface area contributed by atoms with Crippen LogP contribution in [0.15, 0.2) is 11.2 Å². The van der Waals surface area contributed by atoms with Crippen LogP contribution >= 0.6 is 0 Å². The lowest BCUT2D eigenvalue weighted by Crippen LogP contribution is -2.32. The third kappa shape index (κ3) is 2.83. The van der Waals surface area contributed by atoms with Gasteiger partial charge in [0.15, 0.2) is 5.03 Å². The van der Waals surface area contributed by atoms with Gasteiger partial charge in [0, 0.05) is 25.3 Å². The quantitative estimate of drug-likeness (QED) is 0.650. The smallest absolute Gasteiger partial charge is 0.257 e. The number of ether oxygens (including phenoxy) is 1. The number of nitrogens with two attached hydrogens (primary N) is 1. The molecular weight excluding hydrogens is 244 g/mol. The van der Waals surface area contributed by atoms with E-state index in [0.717, 1.165) is 12.8 Å². The van der Waals surface area contributed by atoms with E-state index in [4.69, 9.17) is 10.5 Å². The summed E-state index contributed by atoms with van der Waals surface area (Å²) in [5.41, 5.74) is 5.91. The zero-order valence-corrected chi connectivity index (χ0v) is 10.2. The molecule has 0 saturated carbocycles. The maximum Gasteiger partial charge on any atom is 0.257 e. The Morgan fingerprint density at radius 2 is 2.47 bits per heavy atom. The summed E-state index contributed by atoms with van der Waals surface area (Å²) in [6, 6.07) is 0. The van der Waals surface area contributed by atoms with Crippen LogP contribution < -0.4 is 10.5 Å². The largest absolute Gasteiger partial charge is 0.377 e. The van der Waals surface area contributed by atoms with Crippen LogP contribution in [-0.4, -0.2) is 37.9 Å². The van der Waals surface area contributed by atoms with Crippen molar-refractivity contribution < 1.29 is 13.2 Å². The van der Waals surface area contributed by atoms with Crippen LogP contribution in [0.2, 0.25) is 0 Å². The summed E-state index contributed by atoms with van der Waals surface area (Å²) >= 11 is 0. The van der Waals surface area contributed by atoms with Crippen LogP contribution in [0.1, 0.15) is 18.4 Å². The molecule has 0 bridgehead atoms. The minimum Gasteiger partial charge on any atom is -0.377 e. The van der Waals surface area contributed by atoms with Crippen molar-refractivity contribution in [1.29, 1.82) is 0 Å². The highest BCUT2D eigenvalue weighted by Crippen LogP contribution is 2.14. The average molecular weight is 260 g/mol. The van der Waals surface area contributed by atoms with Crippen LogP contribution in [0.5, 0.6) is 0 Å². The molecule has 1 fully saturated rings. The molecule has 1 atom stereocenters. The van der Waals surface area contributed by atoms with Gasteiger partial charge in [0.25, 0.3) is 10.0 Å². The number of aromatic nitrogens is 2. The van der Waals surface area contributed by atoms with Gasteiger partial charge in [-0.15, -0.1) is 0 Å². The number of sulfonamides is 1. The zero-order valence-electron chi connectivity index (χ0n) is 9.35. The summed E-state index contributed by atoms with van der Waals surface area (Å²) < 4.78 is 31.7. The molecule has 7 nitrogen and oxygen atoms in total. The van der Waals surface area contributed by atoms with E-state index in [1.54, 1.807) is 0 Å². The van der Waals surface area contributed by atoms with Gasteiger partial charge >= 0.3 is 0 Å². The van der Waals surface area contributed by atoms with Gasteiger partial charge < -0.3 is 10.5 Å². The number of aromatic amines is 1. The number of H-pyrrole nitrogens is 1. The molecule has 0 aromatic carbocycles. The van der Waals surface area contributed by atoms with Crippen molar-refractivity contribution >= 4 is 10.0 Å². The monoisotopic (exact) mass is 260 g/mol. The highest BCUT2D eigenvalue weighted by molar-refractivity contribution is 7.89. The van der Waals surface area contributed by atoms with Crippen molar-refractivity contribution in [3.63, 3.8) is 0 Å². The number of nitrogens with one attached hydrogen (secondary N) is 2. The molecule has 4 N–H and O–H groups in total. The van der Waals surface area contributed by atoms with Gasteiger partial charge in [0.2, 0.25) is 0 Å². The maximum atomic E-state index is 11.9. The third-order valence-electron chi connectivity index (χ3n) is 2.69. The van der Waals surface area contributed by atoms with E-state index < -0.39 is 10.0 Å². The summed E-state index contributed by atoms with van der Waals surface area (Å²) in [4.78, 5) is 0. The Bertz CT molecular complexity index is 464. The van der Waals surface area contributed by atoms with Crippen molar-refractivity contribution in [2.45, 2.75) is 30.5 Å². The topological polar surface area (TPSA) is 110 Å². The lowest BCUT2D eigenvalue weighted by atomic mass is 10.2. The predicted molar refractivity (Wildman–Crippen MR) is 60.6 cm³/mol. The molecule has 1 aromatic rings. The fourth-order valence-electron chi connectivity index (χ4n) is 1.76. The molecule has 1 unspecified atom stereocenters. The molecule has 0 radical (unpaired) electrons. The molecule has 1 aromatic heterocycles. The van der Waals surface area contributed by atoms with E-state index in [1.165, 1.54) is 6.20 Å². The summed E-state index contributed by atoms with van der Waals surface area (Å²) in [5.74, 6) is 0. The Kier molecular flexibility index (Phi) is 3.77. The van der Waals surface area contributed by atoms with Crippen LogP contribution in [0.3, 0.4) is 0 Å². The van der Waals surface area contributed by atoms with Gasteiger partial charge in [0.05, 0.1) is 12.3 Å². The van der Waals surface area contributed by atoms with Gasteiger partial charge in [-0.1, -0.05) is 0 Å². The molecule has 2 rings (SSSR count). The summed E-state index contributed by atoms with van der Waals surface area (Å²) in [6.07, 6.45) is 3.24. The van der Waals surface area contributed by atoms with Crippen LogP contribution in [0.4, 0.5) is 0 Å². The average Bonchev–Trinajstić information content (AvgIpc) is 2.97. The van der Waals surface area contributed by atoms with Gasteiger partial charge in [-0.2, -0.15) is 5.10 Å². The summed E-state index contributed by atoms with van der Waals surface area (Å²) in [5, 5.41) is 6.17. The van der Waals surface area contributed by atoms with Gasteiger partial charge in [-0.25, -0.2) is 13.1 Å². The highest BCUT2D eigenvalue weighted by atomic mass is 32.2. The number of nitrogens with zero attached hydrogens (tertiary/aromatic N) is 1. The van der Waals surface area contributed by atoms with Crippen molar-refractivity contribution in [2.75, 3.05) is 13.2 Å². The van der Waals surface area contributed by atoms with Gasteiger partial charge in [-0.05, 0) is 12.8 Å². The van der Waals surface area contributed by atoms with E-state index in [0.29, 0.717) is 12.2 Å². The van der Waals surface area contributed by atoms with Crippen LogP contribution in [0, 0.1) is 0 Å². The lowest BCUT2D eigenvalue weighted by Gasteiger charge is -2.10. The standard InChI is InChI=1S/C9H16N4O3S/c10-4-7-5-11-13-9(7)17(14,15)12-6-8-2-1-3-16-8/h5,8,12H,1-4,6,10H2,(H,11,13). The Labute approximate surface area is 99.8 Å². The van der Waals surface area contributed by atoms with Gasteiger partial charge in [-0.3, -0.25) is 5.10 Å². The molecule has 17 heavy (non-hydrogen) atoms. The summed E-state index contributed by atoms with van der Waals surface area (Å²) in [7, 11) is -3.58. The first-order valence-corrected chi connectivity index (χ1v) is 6.95. The second kappa shape index (κ2) is 5.13. The molecule has 1 aliphatic heterocycles. The summed E-state index contributed by atoms with van der Waals surface area (Å²) in [6.45, 7) is 1.11. The van der Waals surface area contributed by atoms with Crippen molar-refractivity contribution in [2.24, 2.45) is 5.73 Å². The van der Waals surface area contributed by atoms with E-state index in [-0.39, 0.29) is 24.2 Å². The van der Waals surface area contributed by atoms with Crippen molar-refractivity contribution in [1.82, 2.24) is 14.9 Å². The molecule has 0 amide bonds. The molecule has 0 spiro atoms. The fourth-order valence-corrected chi connectivity index (χ4v) is 2.96. The van der Waals surface area contributed by atoms with E-state index >= 15 is 0 Å². The second-order valence-electron chi connectivity index (χ2n) is 3.92. The highest BCUT2D eigenvalue weighted by Gasteiger charge is 2.23. The molecule has 0 aliphatic carbocycles. The number of rotatable bonds is 5. The fraction of sp³-hybridized carbons (Fsp3) is 0.667. The number of hydrogen-bond donors (Lipinski definition) is 3. The van der Waals surface area contributed by atoms with Crippen LogP contribution in [-0.2, 0) is 21.3 Å². The Balaban J connectivity index is 2.03. The normalized spacial score (nSPS) is 20.9. The molecule has 1 aliphatic rings. The van der Waals surface area contributed by atoms with Crippen molar-refractivity contribution in [3.8, 4) is 0 Å². The van der Waals surface area contributed by atoms with E-state index in [2.05, 4.69) is 14.9 Å². The first-order valence-electron chi connectivity index (χ1n) is 5.47. The molecule has 1 saturated heterocycles.